The molecule has 1 aromatic rings. The zero-order valence-electron chi connectivity index (χ0n) is 10.7. The van der Waals surface area contributed by atoms with Gasteiger partial charge in [-0.05, 0) is 26.7 Å². The predicted octanol–water partition coefficient (Wildman–Crippen LogP) is 2.41. The van der Waals surface area contributed by atoms with Gasteiger partial charge in [0.2, 0.25) is 0 Å². The molecular formula is C12H18N4O2. The van der Waals surface area contributed by atoms with Crippen molar-refractivity contribution >= 4 is 17.3 Å². The van der Waals surface area contributed by atoms with Crippen LogP contribution in [0.15, 0.2) is 12.1 Å². The second-order valence-corrected chi connectivity index (χ2v) is 4.54. The van der Waals surface area contributed by atoms with E-state index in [-0.39, 0.29) is 10.6 Å². The van der Waals surface area contributed by atoms with Crippen LogP contribution in [0.5, 0.6) is 0 Å². The summed E-state index contributed by atoms with van der Waals surface area (Å²) < 4.78 is 0. The molecule has 98 valence electrons. The molecule has 0 aromatic carbocycles. The minimum Gasteiger partial charge on any atom is -0.370 e. The lowest BCUT2D eigenvalue weighted by Gasteiger charge is -2.22. The fourth-order valence-corrected chi connectivity index (χ4v) is 2.30. The van der Waals surface area contributed by atoms with Crippen molar-refractivity contribution in [2.45, 2.75) is 32.7 Å². The van der Waals surface area contributed by atoms with Crippen LogP contribution in [0.3, 0.4) is 0 Å². The van der Waals surface area contributed by atoms with Crippen molar-refractivity contribution in [2.24, 2.45) is 0 Å². The molecule has 2 rings (SSSR count). The van der Waals surface area contributed by atoms with E-state index in [1.54, 1.807) is 6.07 Å². The first-order chi connectivity index (χ1) is 8.61. The molecule has 1 atom stereocenters. The van der Waals surface area contributed by atoms with Gasteiger partial charge in [0.25, 0.3) is 5.69 Å². The molecule has 0 saturated carbocycles. The lowest BCUT2D eigenvalue weighted by atomic mass is 10.2. The fraction of sp³-hybridized carbons (Fsp3) is 0.583. The Morgan fingerprint density at radius 1 is 1.61 bits per heavy atom. The summed E-state index contributed by atoms with van der Waals surface area (Å²) in [5.74, 6) is 1.27. The fourth-order valence-electron chi connectivity index (χ4n) is 2.30. The van der Waals surface area contributed by atoms with Gasteiger partial charge in [0.15, 0.2) is 0 Å². The van der Waals surface area contributed by atoms with Crippen molar-refractivity contribution in [3.8, 4) is 0 Å². The van der Waals surface area contributed by atoms with Crippen molar-refractivity contribution in [1.82, 2.24) is 4.98 Å². The van der Waals surface area contributed by atoms with E-state index in [2.05, 4.69) is 22.1 Å². The second kappa shape index (κ2) is 5.20. The molecule has 0 bridgehead atoms. The standard InChI is InChI=1S/C12H18N4O2/c1-3-13-11-7-10(16(17)18)8-12(14-11)15-6-4-5-9(15)2/h7-9H,3-6H2,1-2H3,(H,13,14). The van der Waals surface area contributed by atoms with E-state index < -0.39 is 0 Å². The quantitative estimate of drug-likeness (QED) is 0.656. The summed E-state index contributed by atoms with van der Waals surface area (Å²) in [6.45, 7) is 5.68. The zero-order chi connectivity index (χ0) is 13.1. The summed E-state index contributed by atoms with van der Waals surface area (Å²) in [4.78, 5) is 17.2. The highest BCUT2D eigenvalue weighted by Crippen LogP contribution is 2.28. The Morgan fingerprint density at radius 3 is 2.94 bits per heavy atom. The number of pyridine rings is 1. The Bertz CT molecular complexity index is 450. The largest absolute Gasteiger partial charge is 0.370 e. The first kappa shape index (κ1) is 12.6. The van der Waals surface area contributed by atoms with Crippen LogP contribution in [0.25, 0.3) is 0 Å². The third-order valence-corrected chi connectivity index (χ3v) is 3.21. The summed E-state index contributed by atoms with van der Waals surface area (Å²) in [5, 5.41) is 14.0. The third-order valence-electron chi connectivity index (χ3n) is 3.21. The summed E-state index contributed by atoms with van der Waals surface area (Å²) >= 11 is 0. The van der Waals surface area contributed by atoms with E-state index in [9.17, 15) is 10.1 Å². The molecule has 1 aliphatic rings. The SMILES string of the molecule is CCNc1cc([N+](=O)[O-])cc(N2CCCC2C)n1. The van der Waals surface area contributed by atoms with Gasteiger partial charge in [-0.2, -0.15) is 0 Å². The second-order valence-electron chi connectivity index (χ2n) is 4.54. The molecule has 6 nitrogen and oxygen atoms in total. The van der Waals surface area contributed by atoms with Crippen molar-refractivity contribution in [1.29, 1.82) is 0 Å². The maximum absolute atomic E-state index is 10.9. The summed E-state index contributed by atoms with van der Waals surface area (Å²) in [7, 11) is 0. The molecule has 2 heterocycles. The molecule has 1 aromatic heterocycles. The Hall–Kier alpha value is -1.85. The lowest BCUT2D eigenvalue weighted by molar-refractivity contribution is -0.384. The van der Waals surface area contributed by atoms with Gasteiger partial charge in [-0.3, -0.25) is 10.1 Å². The van der Waals surface area contributed by atoms with Gasteiger partial charge in [-0.1, -0.05) is 0 Å². The van der Waals surface area contributed by atoms with Gasteiger partial charge in [0, 0.05) is 19.1 Å². The Labute approximate surface area is 106 Å². The highest BCUT2D eigenvalue weighted by atomic mass is 16.6. The van der Waals surface area contributed by atoms with Crippen LogP contribution >= 0.6 is 0 Å². The number of hydrogen-bond acceptors (Lipinski definition) is 5. The van der Waals surface area contributed by atoms with Crippen molar-refractivity contribution in [3.05, 3.63) is 22.2 Å². The van der Waals surface area contributed by atoms with E-state index >= 15 is 0 Å². The summed E-state index contributed by atoms with van der Waals surface area (Å²) in [6, 6.07) is 3.44. The Kier molecular flexibility index (Phi) is 3.64. The van der Waals surface area contributed by atoms with E-state index in [1.165, 1.54) is 6.07 Å². The van der Waals surface area contributed by atoms with Crippen LogP contribution in [0.1, 0.15) is 26.7 Å². The molecular weight excluding hydrogens is 232 g/mol. The summed E-state index contributed by atoms with van der Waals surface area (Å²) in [5.41, 5.74) is 0.0926. The zero-order valence-corrected chi connectivity index (χ0v) is 10.7. The number of nitrogens with zero attached hydrogens (tertiary/aromatic N) is 3. The van der Waals surface area contributed by atoms with Crippen LogP contribution < -0.4 is 10.2 Å². The minimum atomic E-state index is -0.368. The highest BCUT2D eigenvalue weighted by Gasteiger charge is 2.24. The van der Waals surface area contributed by atoms with Crippen LogP contribution in [-0.2, 0) is 0 Å². The van der Waals surface area contributed by atoms with Crippen LogP contribution in [0, 0.1) is 10.1 Å². The van der Waals surface area contributed by atoms with Gasteiger partial charge in [-0.15, -0.1) is 0 Å². The van der Waals surface area contributed by atoms with Crippen LogP contribution in [0.2, 0.25) is 0 Å². The highest BCUT2D eigenvalue weighted by molar-refractivity contribution is 5.56. The lowest BCUT2D eigenvalue weighted by Crippen LogP contribution is -2.27. The van der Waals surface area contributed by atoms with Crippen molar-refractivity contribution in [2.75, 3.05) is 23.3 Å². The number of nitrogens with one attached hydrogen (secondary N) is 1. The molecule has 1 aliphatic heterocycles. The molecule has 18 heavy (non-hydrogen) atoms. The third kappa shape index (κ3) is 2.52. The smallest absolute Gasteiger partial charge is 0.276 e. The average molecular weight is 250 g/mol. The summed E-state index contributed by atoms with van der Waals surface area (Å²) in [6.07, 6.45) is 2.23. The number of nitro groups is 1. The first-order valence-electron chi connectivity index (χ1n) is 6.28. The number of aromatic nitrogens is 1. The van der Waals surface area contributed by atoms with Crippen LogP contribution in [0.4, 0.5) is 17.3 Å². The molecule has 1 N–H and O–H groups in total. The molecule has 0 radical (unpaired) electrons. The number of anilines is 2. The topological polar surface area (TPSA) is 71.3 Å². The first-order valence-corrected chi connectivity index (χ1v) is 6.28. The number of rotatable bonds is 4. The predicted molar refractivity (Wildman–Crippen MR) is 71.1 cm³/mol. The van der Waals surface area contributed by atoms with Gasteiger partial charge in [-0.25, -0.2) is 4.98 Å². The van der Waals surface area contributed by atoms with Gasteiger partial charge in [0.05, 0.1) is 17.1 Å². The minimum absolute atomic E-state index is 0.0926. The van der Waals surface area contributed by atoms with E-state index in [0.717, 1.165) is 19.4 Å². The van der Waals surface area contributed by atoms with E-state index in [4.69, 9.17) is 0 Å². The average Bonchev–Trinajstić information content (AvgIpc) is 2.75. The maximum Gasteiger partial charge on any atom is 0.276 e. The molecule has 1 fully saturated rings. The van der Waals surface area contributed by atoms with Crippen molar-refractivity contribution in [3.63, 3.8) is 0 Å². The normalized spacial score (nSPS) is 19.0. The van der Waals surface area contributed by atoms with Crippen molar-refractivity contribution < 1.29 is 4.92 Å². The van der Waals surface area contributed by atoms with Crippen LogP contribution in [-0.4, -0.2) is 29.0 Å². The molecule has 6 heteroatoms. The van der Waals surface area contributed by atoms with Gasteiger partial charge < -0.3 is 10.2 Å². The molecule has 0 amide bonds. The molecule has 0 spiro atoms. The van der Waals surface area contributed by atoms with E-state index in [1.807, 2.05) is 6.92 Å². The Balaban J connectivity index is 2.36. The molecule has 1 unspecified atom stereocenters. The van der Waals surface area contributed by atoms with E-state index in [0.29, 0.717) is 24.2 Å². The molecule has 0 aliphatic carbocycles. The van der Waals surface area contributed by atoms with Gasteiger partial charge >= 0.3 is 0 Å². The number of hydrogen-bond donors (Lipinski definition) is 1. The van der Waals surface area contributed by atoms with Gasteiger partial charge in [0.1, 0.15) is 11.6 Å². The molecule has 1 saturated heterocycles. The Morgan fingerprint density at radius 2 is 2.39 bits per heavy atom. The monoisotopic (exact) mass is 250 g/mol. The maximum atomic E-state index is 10.9.